The van der Waals surface area contributed by atoms with Crippen LogP contribution in [0.4, 0.5) is 15.9 Å². The maximum absolute atomic E-state index is 14.0. The molecule has 150 valence electrons. The number of aromatic nitrogens is 2. The first-order valence-corrected chi connectivity index (χ1v) is 9.99. The number of para-hydroxylation sites is 1. The Labute approximate surface area is 166 Å². The first-order valence-electron chi connectivity index (χ1n) is 9.99. The van der Waals surface area contributed by atoms with Crippen molar-refractivity contribution >= 4 is 17.4 Å². The molecule has 0 aliphatic carbocycles. The van der Waals surface area contributed by atoms with Crippen LogP contribution in [-0.2, 0) is 0 Å². The first kappa shape index (κ1) is 20.0. The third-order valence-electron chi connectivity index (χ3n) is 4.94. The number of rotatable bonds is 7. The van der Waals surface area contributed by atoms with Crippen LogP contribution in [0.2, 0.25) is 0 Å². The fourth-order valence-electron chi connectivity index (χ4n) is 3.54. The minimum absolute atomic E-state index is 0.0928. The molecule has 0 atom stereocenters. The second-order valence-electron chi connectivity index (χ2n) is 6.98. The number of nitrogens with zero attached hydrogens (tertiary/aromatic N) is 5. The van der Waals surface area contributed by atoms with Crippen molar-refractivity contribution in [2.75, 3.05) is 49.1 Å². The van der Waals surface area contributed by atoms with Crippen LogP contribution in [0.5, 0.6) is 0 Å². The number of halogens is 1. The SMILES string of the molecule is CCCN(CCC)c1cc(C(=O)N2CCN(c3ccccc3F)CC2)ncn1. The topological polar surface area (TPSA) is 52.6 Å². The van der Waals surface area contributed by atoms with Crippen LogP contribution in [-0.4, -0.2) is 60.0 Å². The number of hydrogen-bond donors (Lipinski definition) is 0. The second-order valence-corrected chi connectivity index (χ2v) is 6.98. The average Bonchev–Trinajstić information content (AvgIpc) is 2.74. The molecule has 1 aliphatic heterocycles. The van der Waals surface area contributed by atoms with E-state index in [1.54, 1.807) is 23.1 Å². The molecule has 0 spiro atoms. The van der Waals surface area contributed by atoms with Crippen molar-refractivity contribution in [3.05, 3.63) is 48.2 Å². The molecule has 0 N–H and O–H groups in total. The van der Waals surface area contributed by atoms with Gasteiger partial charge in [-0.3, -0.25) is 4.79 Å². The van der Waals surface area contributed by atoms with Gasteiger partial charge in [0.05, 0.1) is 5.69 Å². The summed E-state index contributed by atoms with van der Waals surface area (Å²) in [6, 6.07) is 8.55. The number of anilines is 2. The summed E-state index contributed by atoms with van der Waals surface area (Å²) >= 11 is 0. The lowest BCUT2D eigenvalue weighted by Gasteiger charge is -2.36. The summed E-state index contributed by atoms with van der Waals surface area (Å²) in [6.07, 6.45) is 3.51. The van der Waals surface area contributed by atoms with Crippen molar-refractivity contribution < 1.29 is 9.18 Å². The summed E-state index contributed by atoms with van der Waals surface area (Å²) in [6.45, 7) is 8.35. The molecular formula is C21H28FN5O. The van der Waals surface area contributed by atoms with Gasteiger partial charge in [-0.2, -0.15) is 0 Å². The van der Waals surface area contributed by atoms with Gasteiger partial charge in [-0.05, 0) is 25.0 Å². The largest absolute Gasteiger partial charge is 0.366 e. The van der Waals surface area contributed by atoms with Gasteiger partial charge in [-0.15, -0.1) is 0 Å². The molecule has 1 aliphatic rings. The van der Waals surface area contributed by atoms with Gasteiger partial charge in [0.25, 0.3) is 5.91 Å². The standard InChI is InChI=1S/C21H28FN5O/c1-3-9-26(10-4-2)20-15-18(23-16-24-20)21(28)27-13-11-25(12-14-27)19-8-6-5-7-17(19)22/h5-8,15-16H,3-4,9-14H2,1-2H3. The second kappa shape index (κ2) is 9.48. The van der Waals surface area contributed by atoms with Crippen LogP contribution < -0.4 is 9.80 Å². The fourth-order valence-corrected chi connectivity index (χ4v) is 3.54. The zero-order valence-corrected chi connectivity index (χ0v) is 16.6. The van der Waals surface area contributed by atoms with Crippen LogP contribution in [0.15, 0.2) is 36.7 Å². The lowest BCUT2D eigenvalue weighted by atomic mass is 10.2. The highest BCUT2D eigenvalue weighted by molar-refractivity contribution is 5.93. The van der Waals surface area contributed by atoms with E-state index in [1.807, 2.05) is 11.0 Å². The van der Waals surface area contributed by atoms with Gasteiger partial charge in [0, 0.05) is 45.3 Å². The quantitative estimate of drug-likeness (QED) is 0.733. The van der Waals surface area contributed by atoms with E-state index in [1.165, 1.54) is 12.4 Å². The highest BCUT2D eigenvalue weighted by Gasteiger charge is 2.25. The van der Waals surface area contributed by atoms with Crippen LogP contribution in [0, 0.1) is 5.82 Å². The molecule has 1 aromatic carbocycles. The normalized spacial score (nSPS) is 14.2. The van der Waals surface area contributed by atoms with E-state index in [4.69, 9.17) is 0 Å². The number of hydrogen-bond acceptors (Lipinski definition) is 5. The van der Waals surface area contributed by atoms with E-state index < -0.39 is 0 Å². The van der Waals surface area contributed by atoms with Gasteiger partial charge < -0.3 is 14.7 Å². The zero-order chi connectivity index (χ0) is 19.9. The number of benzene rings is 1. The zero-order valence-electron chi connectivity index (χ0n) is 16.6. The van der Waals surface area contributed by atoms with Gasteiger partial charge in [0.1, 0.15) is 23.7 Å². The summed E-state index contributed by atoms with van der Waals surface area (Å²) in [7, 11) is 0. The highest BCUT2D eigenvalue weighted by atomic mass is 19.1. The van der Waals surface area contributed by atoms with Crippen molar-refractivity contribution in [3.8, 4) is 0 Å². The Morgan fingerprint density at radius 3 is 2.39 bits per heavy atom. The summed E-state index contributed by atoms with van der Waals surface area (Å²) < 4.78 is 14.0. The Hall–Kier alpha value is -2.70. The molecule has 1 aromatic heterocycles. The molecule has 1 amide bonds. The van der Waals surface area contributed by atoms with Crippen LogP contribution in [0.25, 0.3) is 0 Å². The molecule has 6 nitrogen and oxygen atoms in total. The molecule has 2 aromatic rings. The van der Waals surface area contributed by atoms with E-state index in [0.717, 1.165) is 31.7 Å². The summed E-state index contributed by atoms with van der Waals surface area (Å²) in [4.78, 5) is 27.4. The molecule has 1 fully saturated rings. The van der Waals surface area contributed by atoms with Crippen LogP contribution >= 0.6 is 0 Å². The average molecular weight is 385 g/mol. The maximum Gasteiger partial charge on any atom is 0.272 e. The van der Waals surface area contributed by atoms with Crippen molar-refractivity contribution in [2.45, 2.75) is 26.7 Å². The van der Waals surface area contributed by atoms with Gasteiger partial charge in [0.2, 0.25) is 0 Å². The molecule has 0 saturated carbocycles. The van der Waals surface area contributed by atoms with Gasteiger partial charge in [-0.25, -0.2) is 14.4 Å². The molecule has 1 saturated heterocycles. The predicted molar refractivity (Wildman–Crippen MR) is 109 cm³/mol. The predicted octanol–water partition coefficient (Wildman–Crippen LogP) is 3.20. The van der Waals surface area contributed by atoms with Gasteiger partial charge in [-0.1, -0.05) is 26.0 Å². The Morgan fingerprint density at radius 1 is 1.07 bits per heavy atom. The summed E-state index contributed by atoms with van der Waals surface area (Å²) in [5, 5.41) is 0. The molecule has 0 unspecified atom stereocenters. The van der Waals surface area contributed by atoms with Crippen molar-refractivity contribution in [1.29, 1.82) is 0 Å². The molecule has 2 heterocycles. The molecular weight excluding hydrogens is 357 g/mol. The van der Waals surface area contributed by atoms with E-state index in [0.29, 0.717) is 37.6 Å². The smallest absolute Gasteiger partial charge is 0.272 e. The van der Waals surface area contributed by atoms with E-state index in [-0.39, 0.29) is 11.7 Å². The number of amides is 1. The Bertz CT molecular complexity index is 786. The monoisotopic (exact) mass is 385 g/mol. The molecule has 7 heteroatoms. The lowest BCUT2D eigenvalue weighted by molar-refractivity contribution is 0.0740. The third-order valence-corrected chi connectivity index (χ3v) is 4.94. The fraction of sp³-hybridized carbons (Fsp3) is 0.476. The minimum atomic E-state index is -0.227. The molecule has 0 bridgehead atoms. The highest BCUT2D eigenvalue weighted by Crippen LogP contribution is 2.21. The Kier molecular flexibility index (Phi) is 6.79. The van der Waals surface area contributed by atoms with Gasteiger partial charge >= 0.3 is 0 Å². The van der Waals surface area contributed by atoms with Crippen molar-refractivity contribution in [3.63, 3.8) is 0 Å². The summed E-state index contributed by atoms with van der Waals surface area (Å²) in [5.41, 5.74) is 1.01. The van der Waals surface area contributed by atoms with Crippen LogP contribution in [0.3, 0.4) is 0 Å². The molecule has 28 heavy (non-hydrogen) atoms. The Balaban J connectivity index is 1.67. The van der Waals surface area contributed by atoms with E-state index >= 15 is 0 Å². The van der Waals surface area contributed by atoms with Crippen molar-refractivity contribution in [2.24, 2.45) is 0 Å². The van der Waals surface area contributed by atoms with Crippen LogP contribution in [0.1, 0.15) is 37.2 Å². The minimum Gasteiger partial charge on any atom is -0.366 e. The molecule has 0 radical (unpaired) electrons. The summed E-state index contributed by atoms with van der Waals surface area (Å²) in [5.74, 6) is 0.478. The first-order chi connectivity index (χ1) is 13.6. The van der Waals surface area contributed by atoms with Gasteiger partial charge in [0.15, 0.2) is 0 Å². The third kappa shape index (κ3) is 4.58. The Morgan fingerprint density at radius 2 is 1.75 bits per heavy atom. The number of carbonyl (C=O) groups excluding carboxylic acids is 1. The van der Waals surface area contributed by atoms with E-state index in [9.17, 15) is 9.18 Å². The van der Waals surface area contributed by atoms with E-state index in [2.05, 4.69) is 28.7 Å². The maximum atomic E-state index is 14.0. The molecule has 3 rings (SSSR count). The lowest BCUT2D eigenvalue weighted by Crippen LogP contribution is -2.49. The number of carbonyl (C=O) groups is 1. The number of piperazine rings is 1. The van der Waals surface area contributed by atoms with Crippen molar-refractivity contribution in [1.82, 2.24) is 14.9 Å².